The maximum atomic E-state index is 10.9. The van der Waals surface area contributed by atoms with Gasteiger partial charge in [-0.2, -0.15) is 0 Å². The number of aromatic nitrogens is 1. The maximum Gasteiger partial charge on any atom is 0.292 e. The van der Waals surface area contributed by atoms with Gasteiger partial charge in [-0.3, -0.25) is 10.1 Å². The second-order valence-corrected chi connectivity index (χ2v) is 4.06. The van der Waals surface area contributed by atoms with Crippen LogP contribution >= 0.6 is 0 Å². The number of nitro groups is 1. The minimum atomic E-state index is -0.516. The van der Waals surface area contributed by atoms with E-state index >= 15 is 0 Å². The summed E-state index contributed by atoms with van der Waals surface area (Å²) in [4.78, 5) is 10.4. The Kier molecular flexibility index (Phi) is 2.42. The minimum absolute atomic E-state index is 0.123. The molecule has 6 nitrogen and oxygen atoms in total. The lowest BCUT2D eigenvalue weighted by Crippen LogP contribution is -1.95. The largest absolute Gasteiger partial charge is 0.393 e. The topological polar surface area (TPSA) is 95.2 Å². The molecular weight excluding hydrogens is 246 g/mol. The molecule has 1 heterocycles. The average Bonchev–Trinajstić information content (AvgIpc) is 2.83. The zero-order valence-electron chi connectivity index (χ0n) is 9.74. The highest BCUT2D eigenvalue weighted by molar-refractivity contribution is 5.92. The van der Waals surface area contributed by atoms with Crippen LogP contribution in [0.5, 0.6) is 0 Å². The van der Waals surface area contributed by atoms with Crippen LogP contribution in [0.2, 0.25) is 0 Å². The van der Waals surface area contributed by atoms with Crippen LogP contribution in [-0.2, 0) is 0 Å². The van der Waals surface area contributed by atoms with Crippen LogP contribution in [0.3, 0.4) is 0 Å². The van der Waals surface area contributed by atoms with E-state index in [1.807, 2.05) is 24.3 Å². The van der Waals surface area contributed by atoms with Crippen LogP contribution in [0.15, 0.2) is 47.0 Å². The molecule has 2 N–H and O–H groups in total. The lowest BCUT2D eigenvalue weighted by atomic mass is 10.1. The van der Waals surface area contributed by atoms with Gasteiger partial charge in [0.2, 0.25) is 0 Å². The number of anilines is 1. The van der Waals surface area contributed by atoms with Crippen LogP contribution in [0.4, 0.5) is 11.4 Å². The second kappa shape index (κ2) is 4.09. The summed E-state index contributed by atoms with van der Waals surface area (Å²) in [7, 11) is 0. The van der Waals surface area contributed by atoms with Gasteiger partial charge in [-0.25, -0.2) is 0 Å². The molecule has 3 rings (SSSR count). The SMILES string of the molecule is Nc1ccc(-c2onc3ccccc23)cc1[N+](=O)[O-]. The van der Waals surface area contributed by atoms with Gasteiger partial charge in [0.1, 0.15) is 11.2 Å². The molecule has 0 aliphatic carbocycles. The van der Waals surface area contributed by atoms with Gasteiger partial charge in [0.05, 0.1) is 4.92 Å². The standard InChI is InChI=1S/C13H9N3O3/c14-10-6-5-8(7-12(10)16(17)18)13-9-3-1-2-4-11(9)15-19-13/h1-7H,14H2. The predicted octanol–water partition coefficient (Wildman–Crippen LogP) is 2.99. The van der Waals surface area contributed by atoms with Crippen LogP contribution in [0.25, 0.3) is 22.2 Å². The molecule has 0 radical (unpaired) electrons. The lowest BCUT2D eigenvalue weighted by molar-refractivity contribution is -0.383. The fourth-order valence-corrected chi connectivity index (χ4v) is 1.94. The molecule has 0 unspecified atom stereocenters. The summed E-state index contributed by atoms with van der Waals surface area (Å²) in [6.45, 7) is 0. The summed E-state index contributed by atoms with van der Waals surface area (Å²) >= 11 is 0. The van der Waals surface area contributed by atoms with Gasteiger partial charge in [-0.1, -0.05) is 17.3 Å². The van der Waals surface area contributed by atoms with Crippen LogP contribution < -0.4 is 5.73 Å². The summed E-state index contributed by atoms with van der Waals surface area (Å²) in [5.41, 5.74) is 6.83. The van der Waals surface area contributed by atoms with E-state index in [0.29, 0.717) is 16.8 Å². The van der Waals surface area contributed by atoms with E-state index in [9.17, 15) is 10.1 Å². The normalized spacial score (nSPS) is 10.7. The molecule has 0 spiro atoms. The first-order chi connectivity index (χ1) is 9.16. The van der Waals surface area contributed by atoms with Crippen LogP contribution in [0.1, 0.15) is 0 Å². The number of hydrogen-bond acceptors (Lipinski definition) is 5. The van der Waals surface area contributed by atoms with Crippen molar-refractivity contribution in [2.45, 2.75) is 0 Å². The molecule has 6 heteroatoms. The molecule has 0 aliphatic rings. The summed E-state index contributed by atoms with van der Waals surface area (Å²) in [6, 6.07) is 11.9. The highest BCUT2D eigenvalue weighted by atomic mass is 16.6. The summed E-state index contributed by atoms with van der Waals surface area (Å²) in [5.74, 6) is 0.499. The average molecular weight is 255 g/mol. The van der Waals surface area contributed by atoms with Crippen molar-refractivity contribution >= 4 is 22.3 Å². The molecule has 0 aliphatic heterocycles. The zero-order chi connectivity index (χ0) is 13.4. The third-order valence-corrected chi connectivity index (χ3v) is 2.87. The van der Waals surface area contributed by atoms with Crippen molar-refractivity contribution in [1.82, 2.24) is 5.16 Å². The van der Waals surface area contributed by atoms with Gasteiger partial charge in [0.15, 0.2) is 5.76 Å². The number of nitrogen functional groups attached to an aromatic ring is 1. The Morgan fingerprint density at radius 1 is 1.21 bits per heavy atom. The van der Waals surface area contributed by atoms with Crippen molar-refractivity contribution in [2.75, 3.05) is 5.73 Å². The van der Waals surface area contributed by atoms with E-state index in [0.717, 1.165) is 5.39 Å². The lowest BCUT2D eigenvalue weighted by Gasteiger charge is -2.00. The van der Waals surface area contributed by atoms with E-state index < -0.39 is 4.92 Å². The Balaban J connectivity index is 2.22. The van der Waals surface area contributed by atoms with E-state index in [1.165, 1.54) is 12.1 Å². The fraction of sp³-hybridized carbons (Fsp3) is 0. The van der Waals surface area contributed by atoms with Crippen molar-refractivity contribution in [1.29, 1.82) is 0 Å². The number of nitro benzene ring substituents is 1. The van der Waals surface area contributed by atoms with Gasteiger partial charge in [0, 0.05) is 17.0 Å². The van der Waals surface area contributed by atoms with Crippen molar-refractivity contribution in [3.63, 3.8) is 0 Å². The van der Waals surface area contributed by atoms with E-state index in [-0.39, 0.29) is 11.4 Å². The van der Waals surface area contributed by atoms with Gasteiger partial charge in [-0.15, -0.1) is 0 Å². The molecular formula is C13H9N3O3. The van der Waals surface area contributed by atoms with Gasteiger partial charge in [0.25, 0.3) is 5.69 Å². The molecule has 0 atom stereocenters. The molecule has 19 heavy (non-hydrogen) atoms. The molecule has 94 valence electrons. The van der Waals surface area contributed by atoms with Crippen LogP contribution in [-0.4, -0.2) is 10.1 Å². The van der Waals surface area contributed by atoms with E-state index in [2.05, 4.69) is 5.16 Å². The quantitative estimate of drug-likeness (QED) is 0.431. The summed E-state index contributed by atoms with van der Waals surface area (Å²) in [5, 5.41) is 15.6. The zero-order valence-corrected chi connectivity index (χ0v) is 9.74. The van der Waals surface area contributed by atoms with E-state index in [4.69, 9.17) is 10.3 Å². The van der Waals surface area contributed by atoms with E-state index in [1.54, 1.807) is 6.07 Å². The van der Waals surface area contributed by atoms with Crippen molar-refractivity contribution in [3.8, 4) is 11.3 Å². The van der Waals surface area contributed by atoms with Gasteiger partial charge in [-0.05, 0) is 24.3 Å². The first-order valence-corrected chi connectivity index (χ1v) is 5.55. The third-order valence-electron chi connectivity index (χ3n) is 2.87. The number of fused-ring (bicyclic) bond motifs is 1. The smallest absolute Gasteiger partial charge is 0.292 e. The molecule has 3 aromatic rings. The number of benzene rings is 2. The van der Waals surface area contributed by atoms with Crippen molar-refractivity contribution in [2.24, 2.45) is 0 Å². The molecule has 0 amide bonds. The highest BCUT2D eigenvalue weighted by Gasteiger charge is 2.16. The molecule has 1 aromatic heterocycles. The number of rotatable bonds is 2. The van der Waals surface area contributed by atoms with Crippen molar-refractivity contribution < 1.29 is 9.45 Å². The first kappa shape index (κ1) is 11.2. The Morgan fingerprint density at radius 3 is 2.79 bits per heavy atom. The van der Waals surface area contributed by atoms with Crippen molar-refractivity contribution in [3.05, 3.63) is 52.6 Å². The second-order valence-electron chi connectivity index (χ2n) is 4.06. The predicted molar refractivity (Wildman–Crippen MR) is 70.5 cm³/mol. The number of nitrogens with two attached hydrogens (primary N) is 1. The molecule has 0 fully saturated rings. The molecule has 0 saturated heterocycles. The number of nitrogens with zero attached hydrogens (tertiary/aromatic N) is 2. The summed E-state index contributed by atoms with van der Waals surface area (Å²) in [6.07, 6.45) is 0. The highest BCUT2D eigenvalue weighted by Crippen LogP contribution is 2.32. The first-order valence-electron chi connectivity index (χ1n) is 5.55. The Hall–Kier alpha value is -2.89. The molecule has 0 saturated carbocycles. The number of hydrogen-bond donors (Lipinski definition) is 1. The maximum absolute atomic E-state index is 10.9. The van der Waals surface area contributed by atoms with Gasteiger partial charge < -0.3 is 10.3 Å². The Morgan fingerprint density at radius 2 is 2.00 bits per heavy atom. The molecule has 0 bridgehead atoms. The Labute approximate surface area is 107 Å². The fourth-order valence-electron chi connectivity index (χ4n) is 1.94. The van der Waals surface area contributed by atoms with Crippen LogP contribution in [0, 0.1) is 10.1 Å². The molecule has 2 aromatic carbocycles. The third kappa shape index (κ3) is 1.79. The monoisotopic (exact) mass is 255 g/mol. The van der Waals surface area contributed by atoms with Gasteiger partial charge >= 0.3 is 0 Å². The Bertz CT molecular complexity index is 780. The minimum Gasteiger partial charge on any atom is -0.393 e. The summed E-state index contributed by atoms with van der Waals surface area (Å²) < 4.78 is 5.26.